The van der Waals surface area contributed by atoms with Gasteiger partial charge in [0.15, 0.2) is 0 Å². The highest BCUT2D eigenvalue weighted by molar-refractivity contribution is 7.10. The highest BCUT2D eigenvalue weighted by atomic mass is 32.1. The third-order valence-electron chi connectivity index (χ3n) is 1.59. The first-order valence-electron chi connectivity index (χ1n) is 3.83. The minimum Gasteiger partial charge on any atom is -0.402 e. The third-order valence-corrected chi connectivity index (χ3v) is 2.55. The van der Waals surface area contributed by atoms with Crippen LogP contribution in [0.1, 0.15) is 10.4 Å². The van der Waals surface area contributed by atoms with E-state index in [1.165, 1.54) is 10.4 Å². The third kappa shape index (κ3) is 2.24. The summed E-state index contributed by atoms with van der Waals surface area (Å²) >= 11 is 1.73. The molecule has 1 aromatic heterocycles. The van der Waals surface area contributed by atoms with Gasteiger partial charge < -0.3 is 5.73 Å². The Kier molecular flexibility index (Phi) is 3.11. The maximum absolute atomic E-state index is 5.54. The van der Waals surface area contributed by atoms with Crippen LogP contribution in [0.2, 0.25) is 0 Å². The predicted molar refractivity (Wildman–Crippen MR) is 55.3 cm³/mol. The second kappa shape index (κ2) is 4.12. The molecule has 2 N–H and O–H groups in total. The average molecular weight is 179 g/mol. The molecule has 0 bridgehead atoms. The quantitative estimate of drug-likeness (QED) is 0.706. The lowest BCUT2D eigenvalue weighted by molar-refractivity contribution is 1.11. The van der Waals surface area contributed by atoms with Crippen LogP contribution in [0.15, 0.2) is 36.4 Å². The Labute approximate surface area is 77.2 Å². The molecule has 1 aromatic rings. The summed E-state index contributed by atoms with van der Waals surface area (Å²) in [6.07, 6.45) is 3.62. The topological polar surface area (TPSA) is 26.0 Å². The molecule has 0 aliphatic heterocycles. The molecule has 2 heteroatoms. The minimum atomic E-state index is 0.725. The number of hydrogen-bond donors (Lipinski definition) is 1. The summed E-state index contributed by atoms with van der Waals surface area (Å²) in [5, 5.41) is 2.08. The van der Waals surface area contributed by atoms with Gasteiger partial charge in [-0.3, -0.25) is 0 Å². The first kappa shape index (κ1) is 9.07. The van der Waals surface area contributed by atoms with Gasteiger partial charge in [-0.2, -0.15) is 0 Å². The van der Waals surface area contributed by atoms with Gasteiger partial charge in [-0.15, -0.1) is 17.9 Å². The number of nitrogens with two attached hydrogens (primary N) is 1. The summed E-state index contributed by atoms with van der Waals surface area (Å²) in [4.78, 5) is 1.31. The van der Waals surface area contributed by atoms with Crippen molar-refractivity contribution in [3.63, 3.8) is 0 Å². The van der Waals surface area contributed by atoms with Crippen molar-refractivity contribution in [2.75, 3.05) is 0 Å². The highest BCUT2D eigenvalue weighted by Gasteiger charge is 2.02. The summed E-state index contributed by atoms with van der Waals surface area (Å²) < 4.78 is 0. The SMILES string of the molecule is C=CCc1ccsc1CC(=C)N. The van der Waals surface area contributed by atoms with E-state index in [9.17, 15) is 0 Å². The summed E-state index contributed by atoms with van der Waals surface area (Å²) in [5.74, 6) is 0. The number of thiophene rings is 1. The molecule has 0 radical (unpaired) electrons. The molecule has 0 aromatic carbocycles. The molecule has 0 amide bonds. The van der Waals surface area contributed by atoms with Gasteiger partial charge in [0.2, 0.25) is 0 Å². The van der Waals surface area contributed by atoms with Crippen LogP contribution in [0.25, 0.3) is 0 Å². The van der Waals surface area contributed by atoms with E-state index in [0.29, 0.717) is 0 Å². The fourth-order valence-electron chi connectivity index (χ4n) is 1.07. The van der Waals surface area contributed by atoms with E-state index in [1.54, 1.807) is 11.3 Å². The van der Waals surface area contributed by atoms with Crippen molar-refractivity contribution < 1.29 is 0 Å². The van der Waals surface area contributed by atoms with Crippen molar-refractivity contribution in [2.24, 2.45) is 5.73 Å². The molecular formula is C10H13NS. The van der Waals surface area contributed by atoms with Crippen molar-refractivity contribution in [3.8, 4) is 0 Å². The van der Waals surface area contributed by atoms with Crippen LogP contribution in [0.4, 0.5) is 0 Å². The molecule has 0 saturated carbocycles. The van der Waals surface area contributed by atoms with Gasteiger partial charge in [0.05, 0.1) is 0 Å². The van der Waals surface area contributed by atoms with Crippen molar-refractivity contribution in [1.82, 2.24) is 0 Å². The van der Waals surface area contributed by atoms with Crippen LogP contribution >= 0.6 is 11.3 Å². The van der Waals surface area contributed by atoms with E-state index in [-0.39, 0.29) is 0 Å². The molecule has 0 aliphatic rings. The van der Waals surface area contributed by atoms with Gasteiger partial charge in [0.1, 0.15) is 0 Å². The zero-order valence-electron chi connectivity index (χ0n) is 7.05. The van der Waals surface area contributed by atoms with Gasteiger partial charge in [-0.1, -0.05) is 12.7 Å². The van der Waals surface area contributed by atoms with Crippen LogP contribution in [0.3, 0.4) is 0 Å². The summed E-state index contributed by atoms with van der Waals surface area (Å²) in [6.45, 7) is 7.40. The molecule has 64 valence electrons. The van der Waals surface area contributed by atoms with Crippen LogP contribution < -0.4 is 5.73 Å². The molecular weight excluding hydrogens is 166 g/mol. The standard InChI is InChI=1S/C10H13NS/c1-3-4-9-5-6-12-10(9)7-8(2)11/h3,5-6H,1-2,4,7,11H2. The smallest absolute Gasteiger partial charge is 0.0212 e. The van der Waals surface area contributed by atoms with Gasteiger partial charge in [0.25, 0.3) is 0 Å². The zero-order chi connectivity index (χ0) is 8.97. The zero-order valence-corrected chi connectivity index (χ0v) is 7.86. The van der Waals surface area contributed by atoms with E-state index in [4.69, 9.17) is 5.73 Å². The second-order valence-electron chi connectivity index (χ2n) is 2.70. The maximum Gasteiger partial charge on any atom is 0.0212 e. The van der Waals surface area contributed by atoms with Crippen LogP contribution in [0.5, 0.6) is 0 Å². The Morgan fingerprint density at radius 1 is 1.67 bits per heavy atom. The second-order valence-corrected chi connectivity index (χ2v) is 3.70. The van der Waals surface area contributed by atoms with E-state index < -0.39 is 0 Å². The molecule has 0 saturated heterocycles. The van der Waals surface area contributed by atoms with Crippen LogP contribution in [-0.2, 0) is 12.8 Å². The Hall–Kier alpha value is -1.02. The van der Waals surface area contributed by atoms with E-state index in [1.807, 2.05) is 6.08 Å². The lowest BCUT2D eigenvalue weighted by Crippen LogP contribution is -1.99. The minimum absolute atomic E-state index is 0.725. The number of rotatable bonds is 4. The lowest BCUT2D eigenvalue weighted by Gasteiger charge is -1.99. The fraction of sp³-hybridized carbons (Fsp3) is 0.200. The van der Waals surface area contributed by atoms with Crippen LogP contribution in [0, 0.1) is 0 Å². The Morgan fingerprint density at radius 2 is 2.42 bits per heavy atom. The fourth-order valence-corrected chi connectivity index (χ4v) is 2.03. The largest absolute Gasteiger partial charge is 0.402 e. The van der Waals surface area contributed by atoms with Crippen molar-refractivity contribution in [1.29, 1.82) is 0 Å². The van der Waals surface area contributed by atoms with E-state index >= 15 is 0 Å². The van der Waals surface area contributed by atoms with Crippen molar-refractivity contribution in [2.45, 2.75) is 12.8 Å². The average Bonchev–Trinajstić information content (AvgIpc) is 2.37. The molecule has 0 aliphatic carbocycles. The van der Waals surface area contributed by atoms with Gasteiger partial charge >= 0.3 is 0 Å². The van der Waals surface area contributed by atoms with E-state index in [2.05, 4.69) is 24.6 Å². The Bertz CT molecular complexity index is 286. The highest BCUT2D eigenvalue weighted by Crippen LogP contribution is 2.19. The van der Waals surface area contributed by atoms with Gasteiger partial charge in [-0.25, -0.2) is 0 Å². The molecule has 0 unspecified atom stereocenters. The summed E-state index contributed by atoms with van der Waals surface area (Å²) in [6, 6.07) is 2.12. The summed E-state index contributed by atoms with van der Waals surface area (Å²) in [5.41, 5.74) is 7.58. The number of allylic oxidation sites excluding steroid dienone is 2. The molecule has 1 heterocycles. The Morgan fingerprint density at radius 3 is 3.00 bits per heavy atom. The molecule has 1 nitrogen and oxygen atoms in total. The lowest BCUT2D eigenvalue weighted by atomic mass is 10.1. The first-order chi connectivity index (χ1) is 5.74. The van der Waals surface area contributed by atoms with E-state index in [0.717, 1.165) is 18.5 Å². The van der Waals surface area contributed by atoms with Gasteiger partial charge in [-0.05, 0) is 23.4 Å². The summed E-state index contributed by atoms with van der Waals surface area (Å²) in [7, 11) is 0. The molecule has 0 fully saturated rings. The molecule has 1 rings (SSSR count). The van der Waals surface area contributed by atoms with Crippen molar-refractivity contribution in [3.05, 3.63) is 46.8 Å². The monoisotopic (exact) mass is 179 g/mol. The number of hydrogen-bond acceptors (Lipinski definition) is 2. The molecule has 0 spiro atoms. The van der Waals surface area contributed by atoms with Crippen molar-refractivity contribution >= 4 is 11.3 Å². The molecule has 12 heavy (non-hydrogen) atoms. The van der Waals surface area contributed by atoms with Gasteiger partial charge in [0, 0.05) is 17.0 Å². The predicted octanol–water partition coefficient (Wildman–Crippen LogP) is 2.49. The van der Waals surface area contributed by atoms with Crippen LogP contribution in [-0.4, -0.2) is 0 Å². The normalized spacial score (nSPS) is 9.67. The first-order valence-corrected chi connectivity index (χ1v) is 4.71. The maximum atomic E-state index is 5.54. The molecule has 0 atom stereocenters. The Balaban J connectivity index is 2.76.